The van der Waals surface area contributed by atoms with Crippen molar-refractivity contribution in [3.05, 3.63) is 59.7 Å². The molecule has 0 unspecified atom stereocenters. The van der Waals surface area contributed by atoms with Crippen molar-refractivity contribution < 1.29 is 22.5 Å². The summed E-state index contributed by atoms with van der Waals surface area (Å²) in [6.07, 6.45) is 14.6. The molecule has 0 aromatic heterocycles. The second kappa shape index (κ2) is 18.9. The van der Waals surface area contributed by atoms with Gasteiger partial charge in [-0.05, 0) is 113 Å². The summed E-state index contributed by atoms with van der Waals surface area (Å²) in [4.78, 5) is 12.5. The topological polar surface area (TPSA) is 54.0 Å². The normalized spacial score (nSPS) is 12.4. The van der Waals surface area contributed by atoms with Crippen molar-refractivity contribution in [1.29, 1.82) is 0 Å². The predicted octanol–water partition coefficient (Wildman–Crippen LogP) is 10.9. The van der Waals surface area contributed by atoms with E-state index in [1.54, 1.807) is 12.1 Å². The zero-order chi connectivity index (χ0) is 31.8. The molecule has 0 amide bonds. The van der Waals surface area contributed by atoms with E-state index in [1.165, 1.54) is 69.8 Å². The van der Waals surface area contributed by atoms with E-state index < -0.39 is 25.2 Å². The quantitative estimate of drug-likeness (QED) is 0.0552. The number of carbonyl (C=O) groups is 1. The fourth-order valence-corrected chi connectivity index (χ4v) is 18.0. The maximum Gasteiger partial charge on any atom is 0.343 e. The van der Waals surface area contributed by atoms with Crippen LogP contribution in [0.4, 0.5) is 0 Å². The summed E-state index contributed by atoms with van der Waals surface area (Å²) in [5.74, 6) is 1.02. The monoisotopic (exact) mass is 644 g/mol. The van der Waals surface area contributed by atoms with Crippen LogP contribution in [-0.2, 0) is 14.7 Å². The number of ether oxygens (including phenoxy) is 2. The molecule has 5 nitrogen and oxygen atoms in total. The van der Waals surface area contributed by atoms with Gasteiger partial charge in [-0.25, -0.2) is 4.79 Å². The molecule has 2 aromatic carbocycles. The minimum absolute atomic E-state index is 0.347. The van der Waals surface area contributed by atoms with Crippen molar-refractivity contribution in [2.24, 2.45) is 0 Å². The molecule has 2 rings (SSSR count). The van der Waals surface area contributed by atoms with E-state index in [9.17, 15) is 4.79 Å². The fourth-order valence-electron chi connectivity index (χ4n) is 5.35. The van der Waals surface area contributed by atoms with Gasteiger partial charge >= 0.3 is 14.5 Å². The van der Waals surface area contributed by atoms with Crippen LogP contribution in [0.25, 0.3) is 0 Å². The molecular weight excluding hydrogens is 585 g/mol. The zero-order valence-electron chi connectivity index (χ0n) is 28.6. The highest BCUT2D eigenvalue weighted by molar-refractivity contribution is 6.87. The summed E-state index contributed by atoms with van der Waals surface area (Å²) in [5, 5.41) is 0. The first-order chi connectivity index (χ1) is 20.3. The van der Waals surface area contributed by atoms with Crippen LogP contribution in [0.3, 0.4) is 0 Å². The molecule has 0 spiro atoms. The van der Waals surface area contributed by atoms with Crippen LogP contribution >= 0.6 is 0 Å². The number of rotatable bonds is 22. The maximum atomic E-state index is 12.5. The van der Waals surface area contributed by atoms with Gasteiger partial charge in [0.15, 0.2) is 16.6 Å². The van der Waals surface area contributed by atoms with Gasteiger partial charge in [-0.2, -0.15) is 0 Å². The van der Waals surface area contributed by atoms with Gasteiger partial charge in [-0.15, -0.1) is 0 Å². The first kappa shape index (κ1) is 37.5. The minimum Gasteiger partial charge on any atom is -0.494 e. The second-order valence-corrected chi connectivity index (χ2v) is 26.9. The standard InChI is InChI=1S/C35H60O5Si3/c1-9-10-20-31-21-25-34(26-22-31)38-35(36)32-23-27-33(28-24-32)37-29-18-16-14-12-11-13-15-17-19-30-43(8,39-41(2,3)4)40-42(5,6)7/h21-28H,9-20,29-30H2,1-8H3. The summed E-state index contributed by atoms with van der Waals surface area (Å²) in [6.45, 7) is 18.9. The van der Waals surface area contributed by atoms with Crippen molar-refractivity contribution in [3.8, 4) is 11.5 Å². The molecular formula is C35H60O5Si3. The van der Waals surface area contributed by atoms with E-state index >= 15 is 0 Å². The molecule has 0 aliphatic heterocycles. The summed E-state index contributed by atoms with van der Waals surface area (Å²) in [7, 11) is -5.28. The molecule has 0 aliphatic carbocycles. The summed E-state index contributed by atoms with van der Waals surface area (Å²) in [6, 6.07) is 16.2. The smallest absolute Gasteiger partial charge is 0.343 e. The Labute approximate surface area is 266 Å². The largest absolute Gasteiger partial charge is 0.494 e. The highest BCUT2D eigenvalue weighted by Gasteiger charge is 2.39. The Morgan fingerprint density at radius 3 is 1.60 bits per heavy atom. The first-order valence-corrected chi connectivity index (χ1v) is 26.1. The van der Waals surface area contributed by atoms with Crippen molar-refractivity contribution in [3.63, 3.8) is 0 Å². The molecule has 43 heavy (non-hydrogen) atoms. The van der Waals surface area contributed by atoms with Crippen molar-refractivity contribution in [1.82, 2.24) is 0 Å². The molecule has 0 atom stereocenters. The Balaban J connectivity index is 1.53. The van der Waals surface area contributed by atoms with Crippen LogP contribution in [0.1, 0.15) is 93.5 Å². The van der Waals surface area contributed by atoms with Gasteiger partial charge in [0.05, 0.1) is 12.2 Å². The van der Waals surface area contributed by atoms with E-state index in [-0.39, 0.29) is 5.97 Å². The van der Waals surface area contributed by atoms with Gasteiger partial charge in [0.2, 0.25) is 0 Å². The van der Waals surface area contributed by atoms with Crippen LogP contribution in [0.2, 0.25) is 51.9 Å². The molecule has 0 aliphatic rings. The summed E-state index contributed by atoms with van der Waals surface area (Å²) >= 11 is 0. The number of hydrogen-bond acceptors (Lipinski definition) is 5. The second-order valence-electron chi connectivity index (χ2n) is 14.0. The number of esters is 1. The molecule has 0 fully saturated rings. The number of aryl methyl sites for hydroxylation is 1. The van der Waals surface area contributed by atoms with Gasteiger partial charge in [-0.3, -0.25) is 0 Å². The SMILES string of the molecule is CCCCc1ccc(OC(=O)c2ccc(OCCCCCCCCCCC[Si](C)(O[Si](C)(C)C)O[Si](C)(C)C)cc2)cc1. The Bertz CT molecular complexity index is 1030. The highest BCUT2D eigenvalue weighted by atomic mass is 28.5. The third kappa shape index (κ3) is 17.4. The van der Waals surface area contributed by atoms with E-state index in [0.717, 1.165) is 24.6 Å². The molecule has 0 saturated carbocycles. The summed E-state index contributed by atoms with van der Waals surface area (Å²) in [5.41, 5.74) is 1.80. The molecule has 8 heteroatoms. The Kier molecular flexibility index (Phi) is 16.5. The van der Waals surface area contributed by atoms with Crippen LogP contribution in [0.15, 0.2) is 48.5 Å². The highest BCUT2D eigenvalue weighted by Crippen LogP contribution is 2.27. The van der Waals surface area contributed by atoms with Gasteiger partial charge in [-0.1, -0.05) is 76.8 Å². The van der Waals surface area contributed by atoms with Crippen LogP contribution in [-0.4, -0.2) is 37.8 Å². The van der Waals surface area contributed by atoms with E-state index in [1.807, 2.05) is 36.4 Å². The third-order valence-electron chi connectivity index (χ3n) is 7.13. The van der Waals surface area contributed by atoms with Crippen molar-refractivity contribution in [2.45, 2.75) is 136 Å². The zero-order valence-corrected chi connectivity index (χ0v) is 31.6. The van der Waals surface area contributed by atoms with E-state index in [0.29, 0.717) is 17.9 Å². The molecule has 2 aromatic rings. The molecule has 0 N–H and O–H groups in total. The Hall–Kier alpha value is -1.72. The average molecular weight is 645 g/mol. The Morgan fingerprint density at radius 2 is 1.09 bits per heavy atom. The van der Waals surface area contributed by atoms with E-state index in [2.05, 4.69) is 52.8 Å². The van der Waals surface area contributed by atoms with Crippen molar-refractivity contribution >= 4 is 31.2 Å². The minimum atomic E-state index is -2.08. The van der Waals surface area contributed by atoms with Crippen LogP contribution < -0.4 is 9.47 Å². The Morgan fingerprint density at radius 1 is 0.605 bits per heavy atom. The lowest BCUT2D eigenvalue weighted by Crippen LogP contribution is -2.52. The van der Waals surface area contributed by atoms with E-state index in [4.69, 9.17) is 17.7 Å². The van der Waals surface area contributed by atoms with Gasteiger partial charge < -0.3 is 17.7 Å². The molecule has 0 bridgehead atoms. The molecule has 0 heterocycles. The van der Waals surface area contributed by atoms with Gasteiger partial charge in [0.1, 0.15) is 11.5 Å². The van der Waals surface area contributed by atoms with Gasteiger partial charge in [0.25, 0.3) is 0 Å². The van der Waals surface area contributed by atoms with Crippen molar-refractivity contribution in [2.75, 3.05) is 6.61 Å². The first-order valence-electron chi connectivity index (χ1n) is 16.7. The number of hydrogen-bond donors (Lipinski definition) is 0. The molecule has 0 radical (unpaired) electrons. The van der Waals surface area contributed by atoms with Crippen LogP contribution in [0.5, 0.6) is 11.5 Å². The fraction of sp³-hybridized carbons (Fsp3) is 0.629. The summed E-state index contributed by atoms with van der Waals surface area (Å²) < 4.78 is 24.7. The maximum absolute atomic E-state index is 12.5. The predicted molar refractivity (Wildman–Crippen MR) is 189 cm³/mol. The van der Waals surface area contributed by atoms with Gasteiger partial charge in [0, 0.05) is 0 Å². The number of benzene rings is 2. The molecule has 242 valence electrons. The molecule has 0 saturated heterocycles. The lowest BCUT2D eigenvalue weighted by Gasteiger charge is -2.38. The number of carbonyl (C=O) groups excluding carboxylic acids is 1. The number of unbranched alkanes of at least 4 members (excludes halogenated alkanes) is 9. The third-order valence-corrected chi connectivity index (χ3v) is 16.7. The lowest BCUT2D eigenvalue weighted by molar-refractivity contribution is 0.0734. The van der Waals surface area contributed by atoms with Crippen LogP contribution in [0, 0.1) is 0 Å². The average Bonchev–Trinajstić information content (AvgIpc) is 2.91. The lowest BCUT2D eigenvalue weighted by atomic mass is 10.1.